The Morgan fingerprint density at radius 2 is 1.65 bits per heavy atom. The highest BCUT2D eigenvalue weighted by atomic mass is 16.5. The third kappa shape index (κ3) is 2.94. The van der Waals surface area contributed by atoms with Gasteiger partial charge in [-0.3, -0.25) is 4.79 Å². The molecule has 3 heteroatoms. The van der Waals surface area contributed by atoms with Crippen molar-refractivity contribution in [1.29, 1.82) is 0 Å². The molecule has 102 valence electrons. The van der Waals surface area contributed by atoms with Gasteiger partial charge in [0.05, 0.1) is 12.2 Å². The molecule has 0 saturated heterocycles. The van der Waals surface area contributed by atoms with Gasteiger partial charge >= 0.3 is 5.97 Å². The molecule has 0 aromatic heterocycles. The summed E-state index contributed by atoms with van der Waals surface area (Å²) in [6, 6.07) is 14.5. The van der Waals surface area contributed by atoms with E-state index in [-0.39, 0.29) is 11.8 Å². The summed E-state index contributed by atoms with van der Waals surface area (Å²) in [5.74, 6) is -0.311. The van der Waals surface area contributed by atoms with Crippen molar-refractivity contribution in [2.45, 2.75) is 13.8 Å². The molecule has 0 fully saturated rings. The van der Waals surface area contributed by atoms with Crippen LogP contribution in [0.5, 0.6) is 0 Å². The number of ketones is 1. The SMILES string of the molecule is CCOC(=O)c1ccc(-c2ccccc2C(C)=O)cc1. The minimum Gasteiger partial charge on any atom is -0.462 e. The van der Waals surface area contributed by atoms with Crippen molar-refractivity contribution in [3.63, 3.8) is 0 Å². The molecule has 0 N–H and O–H groups in total. The second-order valence-electron chi connectivity index (χ2n) is 4.40. The van der Waals surface area contributed by atoms with Gasteiger partial charge in [-0.25, -0.2) is 4.79 Å². The summed E-state index contributed by atoms with van der Waals surface area (Å²) in [6.07, 6.45) is 0. The topological polar surface area (TPSA) is 43.4 Å². The van der Waals surface area contributed by atoms with Crippen LogP contribution in [0, 0.1) is 0 Å². The van der Waals surface area contributed by atoms with Gasteiger partial charge < -0.3 is 4.74 Å². The van der Waals surface area contributed by atoms with Crippen molar-refractivity contribution >= 4 is 11.8 Å². The Bertz CT molecular complexity index is 627. The van der Waals surface area contributed by atoms with Gasteiger partial charge in [-0.15, -0.1) is 0 Å². The van der Waals surface area contributed by atoms with Crippen LogP contribution in [0.25, 0.3) is 11.1 Å². The maximum atomic E-state index is 11.6. The minimum absolute atomic E-state index is 0.0232. The molecule has 0 amide bonds. The highest BCUT2D eigenvalue weighted by Gasteiger charge is 2.10. The molecule has 0 spiro atoms. The highest BCUT2D eigenvalue weighted by molar-refractivity contribution is 6.01. The number of rotatable bonds is 4. The number of esters is 1. The Labute approximate surface area is 118 Å². The Hall–Kier alpha value is -2.42. The van der Waals surface area contributed by atoms with Crippen LogP contribution < -0.4 is 0 Å². The third-order valence-corrected chi connectivity index (χ3v) is 3.01. The quantitative estimate of drug-likeness (QED) is 0.626. The number of Topliss-reactive ketones (excluding diaryl/α,β-unsaturated/α-hetero) is 1. The average Bonchev–Trinajstić information content (AvgIpc) is 2.47. The molecule has 0 saturated carbocycles. The number of carbonyl (C=O) groups is 2. The number of ether oxygens (including phenoxy) is 1. The first kappa shape index (κ1) is 14.0. The van der Waals surface area contributed by atoms with Crippen LogP contribution in [0.2, 0.25) is 0 Å². The van der Waals surface area contributed by atoms with Crippen molar-refractivity contribution in [3.05, 3.63) is 59.7 Å². The molecule has 0 radical (unpaired) electrons. The highest BCUT2D eigenvalue weighted by Crippen LogP contribution is 2.24. The summed E-state index contributed by atoms with van der Waals surface area (Å²) >= 11 is 0. The van der Waals surface area contributed by atoms with Crippen LogP contribution in [-0.2, 0) is 4.74 Å². The van der Waals surface area contributed by atoms with E-state index < -0.39 is 0 Å². The average molecular weight is 268 g/mol. The monoisotopic (exact) mass is 268 g/mol. The first-order valence-electron chi connectivity index (χ1n) is 6.51. The van der Waals surface area contributed by atoms with E-state index in [1.54, 1.807) is 32.0 Å². The van der Waals surface area contributed by atoms with E-state index in [1.165, 1.54) is 0 Å². The molecular weight excluding hydrogens is 252 g/mol. The van der Waals surface area contributed by atoms with Crippen molar-refractivity contribution in [2.75, 3.05) is 6.61 Å². The number of benzene rings is 2. The Morgan fingerprint density at radius 1 is 1.00 bits per heavy atom. The van der Waals surface area contributed by atoms with Crippen LogP contribution in [0.15, 0.2) is 48.5 Å². The van der Waals surface area contributed by atoms with E-state index in [1.807, 2.05) is 30.3 Å². The molecule has 0 heterocycles. The molecule has 3 nitrogen and oxygen atoms in total. The van der Waals surface area contributed by atoms with Gasteiger partial charge in [-0.2, -0.15) is 0 Å². The normalized spacial score (nSPS) is 10.1. The molecule has 0 atom stereocenters. The van der Waals surface area contributed by atoms with Gasteiger partial charge in [0.1, 0.15) is 0 Å². The number of hydrogen-bond acceptors (Lipinski definition) is 3. The van der Waals surface area contributed by atoms with Gasteiger partial charge in [0.25, 0.3) is 0 Å². The van der Waals surface area contributed by atoms with E-state index in [9.17, 15) is 9.59 Å². The molecule has 2 aromatic rings. The fourth-order valence-electron chi connectivity index (χ4n) is 2.04. The van der Waals surface area contributed by atoms with E-state index in [0.717, 1.165) is 11.1 Å². The van der Waals surface area contributed by atoms with Crippen LogP contribution in [-0.4, -0.2) is 18.4 Å². The molecule has 0 aliphatic carbocycles. The van der Waals surface area contributed by atoms with Crippen molar-refractivity contribution in [2.24, 2.45) is 0 Å². The largest absolute Gasteiger partial charge is 0.462 e. The fourth-order valence-corrected chi connectivity index (χ4v) is 2.04. The Morgan fingerprint density at radius 3 is 2.25 bits per heavy atom. The standard InChI is InChI=1S/C17H16O3/c1-3-20-17(19)14-10-8-13(9-11-14)16-7-5-4-6-15(16)12(2)18/h4-11H,3H2,1-2H3. The van der Waals surface area contributed by atoms with Gasteiger partial charge in [-0.05, 0) is 37.1 Å². The fraction of sp³-hybridized carbons (Fsp3) is 0.176. The Balaban J connectivity index is 2.36. The van der Waals surface area contributed by atoms with Gasteiger partial charge in [0, 0.05) is 5.56 Å². The van der Waals surface area contributed by atoms with E-state index in [2.05, 4.69) is 0 Å². The lowest BCUT2D eigenvalue weighted by molar-refractivity contribution is 0.0526. The Kier molecular flexibility index (Phi) is 4.31. The summed E-state index contributed by atoms with van der Waals surface area (Å²) in [7, 11) is 0. The van der Waals surface area contributed by atoms with Crippen molar-refractivity contribution < 1.29 is 14.3 Å². The molecule has 20 heavy (non-hydrogen) atoms. The maximum absolute atomic E-state index is 11.6. The number of hydrogen-bond donors (Lipinski definition) is 0. The lowest BCUT2D eigenvalue weighted by Gasteiger charge is -2.08. The van der Waals surface area contributed by atoms with Crippen molar-refractivity contribution in [3.8, 4) is 11.1 Å². The van der Waals surface area contributed by atoms with Crippen LogP contribution in [0.1, 0.15) is 34.6 Å². The zero-order valence-electron chi connectivity index (χ0n) is 11.6. The molecule has 0 aliphatic heterocycles. The summed E-state index contributed by atoms with van der Waals surface area (Å²) < 4.78 is 4.94. The zero-order valence-corrected chi connectivity index (χ0v) is 11.6. The second-order valence-corrected chi connectivity index (χ2v) is 4.40. The lowest BCUT2D eigenvalue weighted by Crippen LogP contribution is -2.04. The second kappa shape index (κ2) is 6.15. The van der Waals surface area contributed by atoms with Gasteiger partial charge in [0.2, 0.25) is 0 Å². The van der Waals surface area contributed by atoms with Gasteiger partial charge in [0.15, 0.2) is 5.78 Å². The third-order valence-electron chi connectivity index (χ3n) is 3.01. The predicted molar refractivity (Wildman–Crippen MR) is 77.8 cm³/mol. The smallest absolute Gasteiger partial charge is 0.338 e. The maximum Gasteiger partial charge on any atom is 0.338 e. The summed E-state index contributed by atoms with van der Waals surface area (Å²) in [5, 5.41) is 0. The minimum atomic E-state index is -0.334. The van der Waals surface area contributed by atoms with Crippen molar-refractivity contribution in [1.82, 2.24) is 0 Å². The molecule has 2 aromatic carbocycles. The molecule has 0 aliphatic rings. The number of carbonyl (C=O) groups excluding carboxylic acids is 2. The first-order chi connectivity index (χ1) is 9.63. The zero-order chi connectivity index (χ0) is 14.5. The summed E-state index contributed by atoms with van der Waals surface area (Å²) in [4.78, 5) is 23.2. The first-order valence-corrected chi connectivity index (χ1v) is 6.51. The van der Waals surface area contributed by atoms with Crippen LogP contribution in [0.3, 0.4) is 0 Å². The van der Waals surface area contributed by atoms with Gasteiger partial charge in [-0.1, -0.05) is 36.4 Å². The molecule has 0 unspecified atom stereocenters. The molecular formula is C17H16O3. The predicted octanol–water partition coefficient (Wildman–Crippen LogP) is 3.73. The van der Waals surface area contributed by atoms with Crippen LogP contribution >= 0.6 is 0 Å². The van der Waals surface area contributed by atoms with E-state index >= 15 is 0 Å². The summed E-state index contributed by atoms with van der Waals surface area (Å²) in [5.41, 5.74) is 2.96. The van der Waals surface area contributed by atoms with E-state index in [0.29, 0.717) is 17.7 Å². The van der Waals surface area contributed by atoms with Crippen LogP contribution in [0.4, 0.5) is 0 Å². The van der Waals surface area contributed by atoms with E-state index in [4.69, 9.17) is 4.74 Å². The summed E-state index contributed by atoms with van der Waals surface area (Å²) in [6.45, 7) is 3.68. The molecule has 2 rings (SSSR count). The molecule has 0 bridgehead atoms. The lowest BCUT2D eigenvalue weighted by atomic mass is 9.97.